The molecule has 114 valence electrons. The van der Waals surface area contributed by atoms with Crippen molar-refractivity contribution in [1.82, 2.24) is 9.97 Å². The van der Waals surface area contributed by atoms with E-state index in [9.17, 15) is 13.2 Å². The van der Waals surface area contributed by atoms with Gasteiger partial charge in [0.25, 0.3) is 0 Å². The molecular formula is C14H11F3N4O. The first-order chi connectivity index (χ1) is 10.3. The summed E-state index contributed by atoms with van der Waals surface area (Å²) in [4.78, 5) is 9.48. The van der Waals surface area contributed by atoms with E-state index < -0.39 is 11.7 Å². The maximum Gasteiger partial charge on any atom is 0.416 e. The number of halogens is 3. The zero-order chi connectivity index (χ0) is 16.3. The zero-order valence-corrected chi connectivity index (χ0v) is 11.7. The Kier molecular flexibility index (Phi) is 4.17. The van der Waals surface area contributed by atoms with Gasteiger partial charge in [-0.25, -0.2) is 4.98 Å². The molecule has 0 aliphatic carbocycles. The number of benzene rings is 1. The Morgan fingerprint density at radius 1 is 1.14 bits per heavy atom. The first kappa shape index (κ1) is 15.6. The number of aromatic nitrogens is 2. The van der Waals surface area contributed by atoms with Crippen molar-refractivity contribution in [1.29, 1.82) is 5.26 Å². The lowest BCUT2D eigenvalue weighted by Crippen LogP contribution is -2.12. The van der Waals surface area contributed by atoms with Crippen LogP contribution in [0.5, 0.6) is 11.6 Å². The van der Waals surface area contributed by atoms with Crippen molar-refractivity contribution in [3.8, 4) is 17.7 Å². The van der Waals surface area contributed by atoms with E-state index in [0.717, 1.165) is 12.1 Å². The Labute approximate surface area is 124 Å². The number of anilines is 1. The zero-order valence-electron chi connectivity index (χ0n) is 11.7. The van der Waals surface area contributed by atoms with Crippen LogP contribution in [0.4, 0.5) is 19.0 Å². The van der Waals surface area contributed by atoms with Crippen LogP contribution in [-0.4, -0.2) is 24.1 Å². The van der Waals surface area contributed by atoms with Gasteiger partial charge in [-0.2, -0.15) is 23.4 Å². The molecule has 0 saturated carbocycles. The summed E-state index contributed by atoms with van der Waals surface area (Å²) in [5, 5.41) is 8.89. The van der Waals surface area contributed by atoms with E-state index in [1.54, 1.807) is 25.1 Å². The molecule has 0 atom stereocenters. The minimum absolute atomic E-state index is 0.0787. The standard InChI is InChI=1S/C14H11F3N4O/c1-21(2)12-7-13(20-11(8-18)19-12)22-10-5-3-9(4-6-10)14(15,16)17/h3-7H,1-2H3. The lowest BCUT2D eigenvalue weighted by molar-refractivity contribution is -0.137. The molecule has 0 aliphatic heterocycles. The second-order valence-corrected chi connectivity index (χ2v) is 4.52. The molecule has 0 saturated heterocycles. The lowest BCUT2D eigenvalue weighted by atomic mass is 10.2. The fraction of sp³-hybridized carbons (Fsp3) is 0.214. The number of nitriles is 1. The van der Waals surface area contributed by atoms with E-state index in [2.05, 4.69) is 9.97 Å². The molecule has 0 fully saturated rings. The molecule has 0 bridgehead atoms. The van der Waals surface area contributed by atoms with Gasteiger partial charge in [-0.05, 0) is 24.3 Å². The number of alkyl halides is 3. The highest BCUT2D eigenvalue weighted by Crippen LogP contribution is 2.31. The van der Waals surface area contributed by atoms with Crippen molar-refractivity contribution in [2.45, 2.75) is 6.18 Å². The largest absolute Gasteiger partial charge is 0.439 e. The van der Waals surface area contributed by atoms with Crippen molar-refractivity contribution < 1.29 is 17.9 Å². The molecule has 0 radical (unpaired) electrons. The van der Waals surface area contributed by atoms with Crippen molar-refractivity contribution in [3.05, 3.63) is 41.7 Å². The summed E-state index contributed by atoms with van der Waals surface area (Å²) < 4.78 is 42.8. The van der Waals surface area contributed by atoms with Gasteiger partial charge in [0.05, 0.1) is 5.56 Å². The van der Waals surface area contributed by atoms with E-state index in [4.69, 9.17) is 10.00 Å². The molecular weight excluding hydrogens is 297 g/mol. The molecule has 1 aromatic heterocycles. The number of nitrogens with zero attached hydrogens (tertiary/aromatic N) is 4. The summed E-state index contributed by atoms with van der Waals surface area (Å²) >= 11 is 0. The fourth-order valence-electron chi connectivity index (χ4n) is 1.58. The molecule has 5 nitrogen and oxygen atoms in total. The summed E-state index contributed by atoms with van der Waals surface area (Å²) in [6.45, 7) is 0. The Morgan fingerprint density at radius 3 is 2.27 bits per heavy atom. The van der Waals surface area contributed by atoms with Gasteiger partial charge in [0.1, 0.15) is 17.6 Å². The monoisotopic (exact) mass is 308 g/mol. The molecule has 1 heterocycles. The predicted molar refractivity (Wildman–Crippen MR) is 72.6 cm³/mol. The quantitative estimate of drug-likeness (QED) is 0.871. The van der Waals surface area contributed by atoms with Crippen LogP contribution in [0.2, 0.25) is 0 Å². The number of ether oxygens (including phenoxy) is 1. The Bertz CT molecular complexity index is 706. The summed E-state index contributed by atoms with van der Waals surface area (Å²) in [5.41, 5.74) is -0.769. The van der Waals surface area contributed by atoms with Gasteiger partial charge < -0.3 is 9.64 Å². The molecule has 2 aromatic rings. The summed E-state index contributed by atoms with van der Waals surface area (Å²) in [6, 6.07) is 7.48. The van der Waals surface area contributed by atoms with Crippen LogP contribution < -0.4 is 9.64 Å². The highest BCUT2D eigenvalue weighted by Gasteiger charge is 2.30. The van der Waals surface area contributed by atoms with Crippen LogP contribution in [0.3, 0.4) is 0 Å². The van der Waals surface area contributed by atoms with Crippen molar-refractivity contribution in [2.24, 2.45) is 0 Å². The van der Waals surface area contributed by atoms with E-state index in [0.29, 0.717) is 5.82 Å². The molecule has 0 N–H and O–H groups in total. The van der Waals surface area contributed by atoms with Gasteiger partial charge in [0.2, 0.25) is 11.7 Å². The average Bonchev–Trinajstić information content (AvgIpc) is 2.46. The van der Waals surface area contributed by atoms with Gasteiger partial charge in [0, 0.05) is 20.2 Å². The Hall–Kier alpha value is -2.82. The molecule has 2 rings (SSSR count). The molecule has 0 spiro atoms. The van der Waals surface area contributed by atoms with Gasteiger partial charge in [-0.3, -0.25) is 0 Å². The normalized spacial score (nSPS) is 10.9. The Balaban J connectivity index is 2.27. The van der Waals surface area contributed by atoms with Crippen LogP contribution in [-0.2, 0) is 6.18 Å². The maximum atomic E-state index is 12.5. The van der Waals surface area contributed by atoms with E-state index in [1.807, 2.05) is 0 Å². The summed E-state index contributed by atoms with van der Waals surface area (Å²) in [7, 11) is 3.46. The van der Waals surface area contributed by atoms with Gasteiger partial charge in [0.15, 0.2) is 0 Å². The van der Waals surface area contributed by atoms with Crippen molar-refractivity contribution in [2.75, 3.05) is 19.0 Å². The van der Waals surface area contributed by atoms with Gasteiger partial charge >= 0.3 is 6.18 Å². The number of rotatable bonds is 3. The first-order valence-electron chi connectivity index (χ1n) is 6.11. The third-order valence-corrected chi connectivity index (χ3v) is 2.65. The number of hydrogen-bond acceptors (Lipinski definition) is 5. The summed E-state index contributed by atoms with van der Waals surface area (Å²) in [6.07, 6.45) is -4.40. The molecule has 0 unspecified atom stereocenters. The van der Waals surface area contributed by atoms with Gasteiger partial charge in [-0.15, -0.1) is 0 Å². The lowest BCUT2D eigenvalue weighted by Gasteiger charge is -2.13. The topological polar surface area (TPSA) is 62.0 Å². The fourth-order valence-corrected chi connectivity index (χ4v) is 1.58. The summed E-state index contributed by atoms with van der Waals surface area (Å²) in [5.74, 6) is 0.622. The highest BCUT2D eigenvalue weighted by molar-refractivity contribution is 5.43. The molecule has 0 amide bonds. The highest BCUT2D eigenvalue weighted by atomic mass is 19.4. The van der Waals surface area contributed by atoms with Crippen LogP contribution in [0.15, 0.2) is 30.3 Å². The van der Waals surface area contributed by atoms with Crippen LogP contribution in [0.1, 0.15) is 11.4 Å². The van der Waals surface area contributed by atoms with E-state index in [-0.39, 0.29) is 17.5 Å². The van der Waals surface area contributed by atoms with E-state index in [1.165, 1.54) is 18.2 Å². The molecule has 8 heteroatoms. The van der Waals surface area contributed by atoms with Crippen LogP contribution >= 0.6 is 0 Å². The van der Waals surface area contributed by atoms with Crippen molar-refractivity contribution in [3.63, 3.8) is 0 Å². The average molecular weight is 308 g/mol. The predicted octanol–water partition coefficient (Wildman–Crippen LogP) is 3.23. The molecule has 1 aromatic carbocycles. The number of hydrogen-bond donors (Lipinski definition) is 0. The minimum atomic E-state index is -4.40. The van der Waals surface area contributed by atoms with Crippen LogP contribution in [0.25, 0.3) is 0 Å². The minimum Gasteiger partial charge on any atom is -0.439 e. The maximum absolute atomic E-state index is 12.5. The first-order valence-corrected chi connectivity index (χ1v) is 6.11. The third-order valence-electron chi connectivity index (χ3n) is 2.65. The van der Waals surface area contributed by atoms with Crippen molar-refractivity contribution >= 4 is 5.82 Å². The second kappa shape index (κ2) is 5.89. The molecule has 0 aliphatic rings. The second-order valence-electron chi connectivity index (χ2n) is 4.52. The third kappa shape index (κ3) is 3.63. The SMILES string of the molecule is CN(C)c1cc(Oc2ccc(C(F)(F)F)cc2)nc(C#N)n1. The molecule has 22 heavy (non-hydrogen) atoms. The Morgan fingerprint density at radius 2 is 1.77 bits per heavy atom. The van der Waals surface area contributed by atoms with Crippen LogP contribution in [0, 0.1) is 11.3 Å². The van der Waals surface area contributed by atoms with E-state index >= 15 is 0 Å². The van der Waals surface area contributed by atoms with Gasteiger partial charge in [-0.1, -0.05) is 0 Å². The smallest absolute Gasteiger partial charge is 0.416 e.